The van der Waals surface area contributed by atoms with Crippen molar-refractivity contribution in [1.82, 2.24) is 10.9 Å². The Morgan fingerprint density at radius 2 is 1.57 bits per heavy atom. The Bertz CT molecular complexity index is 901. The Balaban J connectivity index is 1.99. The second-order valence-corrected chi connectivity index (χ2v) is 7.43. The molecule has 148 valence electrons. The number of hydrazine groups is 1. The minimum absolute atomic E-state index is 0.273. The SMILES string of the molecule is Cc1ccc(C(=O)NNC(=O)c2cccc(NC(=O)OC(C)(C)C)c2)c(C)c1. The van der Waals surface area contributed by atoms with E-state index in [2.05, 4.69) is 16.2 Å². The molecule has 0 saturated heterocycles. The minimum atomic E-state index is -0.628. The van der Waals surface area contributed by atoms with Crippen LogP contribution in [0.4, 0.5) is 10.5 Å². The molecule has 0 atom stereocenters. The lowest BCUT2D eigenvalue weighted by Crippen LogP contribution is -2.41. The van der Waals surface area contributed by atoms with Crippen LogP contribution in [-0.2, 0) is 4.74 Å². The third-order valence-corrected chi connectivity index (χ3v) is 3.69. The van der Waals surface area contributed by atoms with Crippen LogP contribution in [-0.4, -0.2) is 23.5 Å². The molecule has 0 heterocycles. The zero-order chi connectivity index (χ0) is 20.9. The van der Waals surface area contributed by atoms with Gasteiger partial charge >= 0.3 is 6.09 Å². The van der Waals surface area contributed by atoms with Crippen LogP contribution >= 0.6 is 0 Å². The summed E-state index contributed by atoms with van der Waals surface area (Å²) in [5.41, 5.74) is 7.17. The summed E-state index contributed by atoms with van der Waals surface area (Å²) in [6.45, 7) is 9.04. The fraction of sp³-hybridized carbons (Fsp3) is 0.286. The summed E-state index contributed by atoms with van der Waals surface area (Å²) in [6, 6.07) is 11.7. The largest absolute Gasteiger partial charge is 0.444 e. The molecule has 28 heavy (non-hydrogen) atoms. The van der Waals surface area contributed by atoms with E-state index < -0.39 is 23.5 Å². The highest BCUT2D eigenvalue weighted by atomic mass is 16.6. The van der Waals surface area contributed by atoms with Crippen LogP contribution in [0.25, 0.3) is 0 Å². The molecule has 3 N–H and O–H groups in total. The Kier molecular flexibility index (Phi) is 6.41. The van der Waals surface area contributed by atoms with Crippen molar-refractivity contribution in [3.8, 4) is 0 Å². The van der Waals surface area contributed by atoms with Gasteiger partial charge in [0.2, 0.25) is 0 Å². The number of hydrogen-bond acceptors (Lipinski definition) is 4. The highest BCUT2D eigenvalue weighted by Crippen LogP contribution is 2.14. The van der Waals surface area contributed by atoms with E-state index in [0.29, 0.717) is 11.3 Å². The van der Waals surface area contributed by atoms with Gasteiger partial charge in [0.05, 0.1) is 0 Å². The van der Waals surface area contributed by atoms with Crippen LogP contribution in [0.5, 0.6) is 0 Å². The molecule has 0 aliphatic rings. The van der Waals surface area contributed by atoms with E-state index in [4.69, 9.17) is 4.74 Å². The van der Waals surface area contributed by atoms with Crippen molar-refractivity contribution in [3.63, 3.8) is 0 Å². The van der Waals surface area contributed by atoms with Crippen LogP contribution in [0.3, 0.4) is 0 Å². The lowest BCUT2D eigenvalue weighted by molar-refractivity contribution is 0.0635. The lowest BCUT2D eigenvalue weighted by Gasteiger charge is -2.19. The lowest BCUT2D eigenvalue weighted by atomic mass is 10.1. The molecule has 7 heteroatoms. The van der Waals surface area contributed by atoms with E-state index in [0.717, 1.165) is 11.1 Å². The van der Waals surface area contributed by atoms with Crippen LogP contribution in [0, 0.1) is 13.8 Å². The van der Waals surface area contributed by atoms with Gasteiger partial charge in [0.25, 0.3) is 11.8 Å². The summed E-state index contributed by atoms with van der Waals surface area (Å²) >= 11 is 0. The first-order chi connectivity index (χ1) is 13.0. The first-order valence-electron chi connectivity index (χ1n) is 8.83. The van der Waals surface area contributed by atoms with Gasteiger partial charge in [-0.2, -0.15) is 0 Å². The molecular formula is C21H25N3O4. The molecule has 0 saturated carbocycles. The topological polar surface area (TPSA) is 96.5 Å². The Hall–Kier alpha value is -3.35. The molecule has 0 aliphatic carbocycles. The number of ether oxygens (including phenoxy) is 1. The molecular weight excluding hydrogens is 358 g/mol. The van der Waals surface area contributed by atoms with E-state index in [9.17, 15) is 14.4 Å². The molecule has 0 spiro atoms. The van der Waals surface area contributed by atoms with Crippen molar-refractivity contribution in [3.05, 3.63) is 64.7 Å². The van der Waals surface area contributed by atoms with E-state index in [-0.39, 0.29) is 5.56 Å². The van der Waals surface area contributed by atoms with Crippen LogP contribution in [0.2, 0.25) is 0 Å². The van der Waals surface area contributed by atoms with E-state index in [1.807, 2.05) is 26.0 Å². The van der Waals surface area contributed by atoms with Crippen LogP contribution in [0.1, 0.15) is 52.6 Å². The number of aryl methyl sites for hydroxylation is 2. The molecule has 0 aromatic heterocycles. The highest BCUT2D eigenvalue weighted by molar-refractivity contribution is 6.00. The number of rotatable bonds is 3. The molecule has 7 nitrogen and oxygen atoms in total. The third-order valence-electron chi connectivity index (χ3n) is 3.69. The second-order valence-electron chi connectivity index (χ2n) is 7.43. The molecule has 0 aliphatic heterocycles. The van der Waals surface area contributed by atoms with Crippen molar-refractivity contribution in [2.24, 2.45) is 0 Å². The van der Waals surface area contributed by atoms with Crippen LogP contribution < -0.4 is 16.2 Å². The molecule has 3 amide bonds. The molecule has 2 aromatic carbocycles. The predicted molar refractivity (Wildman–Crippen MR) is 107 cm³/mol. The van der Waals surface area contributed by atoms with E-state index in [1.54, 1.807) is 45.0 Å². The van der Waals surface area contributed by atoms with Crippen LogP contribution in [0.15, 0.2) is 42.5 Å². The van der Waals surface area contributed by atoms with E-state index >= 15 is 0 Å². The van der Waals surface area contributed by atoms with Crippen molar-refractivity contribution in [2.75, 3.05) is 5.32 Å². The van der Waals surface area contributed by atoms with Crippen molar-refractivity contribution < 1.29 is 19.1 Å². The van der Waals surface area contributed by atoms with Gasteiger partial charge in [-0.05, 0) is 64.4 Å². The third kappa shape index (κ3) is 6.12. The average Bonchev–Trinajstić information content (AvgIpc) is 2.57. The van der Waals surface area contributed by atoms with Crippen molar-refractivity contribution in [1.29, 1.82) is 0 Å². The molecule has 0 radical (unpaired) electrons. The maximum absolute atomic E-state index is 12.3. The number of hydrogen-bond donors (Lipinski definition) is 3. The van der Waals surface area contributed by atoms with Gasteiger partial charge in [0.15, 0.2) is 0 Å². The number of anilines is 1. The standard InChI is InChI=1S/C21H25N3O4/c1-13-9-10-17(14(2)11-13)19(26)24-23-18(25)15-7-6-8-16(12-15)22-20(27)28-21(3,4)5/h6-12H,1-5H3,(H,22,27)(H,23,25)(H,24,26). The smallest absolute Gasteiger partial charge is 0.412 e. The number of benzene rings is 2. The summed E-state index contributed by atoms with van der Waals surface area (Å²) in [5.74, 6) is -0.917. The molecule has 0 fully saturated rings. The Morgan fingerprint density at radius 1 is 0.893 bits per heavy atom. The number of carbonyl (C=O) groups is 3. The molecule has 0 bridgehead atoms. The fourth-order valence-electron chi connectivity index (χ4n) is 2.48. The highest BCUT2D eigenvalue weighted by Gasteiger charge is 2.17. The minimum Gasteiger partial charge on any atom is -0.444 e. The van der Waals surface area contributed by atoms with Gasteiger partial charge in [-0.3, -0.25) is 25.8 Å². The summed E-state index contributed by atoms with van der Waals surface area (Å²) in [7, 11) is 0. The Morgan fingerprint density at radius 3 is 2.21 bits per heavy atom. The van der Waals surface area contributed by atoms with Gasteiger partial charge in [-0.25, -0.2) is 4.79 Å². The van der Waals surface area contributed by atoms with E-state index in [1.165, 1.54) is 6.07 Å². The summed E-state index contributed by atoms with van der Waals surface area (Å²) in [6.07, 6.45) is -0.617. The van der Waals surface area contributed by atoms with Crippen molar-refractivity contribution in [2.45, 2.75) is 40.2 Å². The first kappa shape index (κ1) is 21.0. The van der Waals surface area contributed by atoms with Gasteiger partial charge in [0.1, 0.15) is 5.60 Å². The molecule has 2 aromatic rings. The second kappa shape index (κ2) is 8.56. The first-order valence-corrected chi connectivity index (χ1v) is 8.83. The zero-order valence-electron chi connectivity index (χ0n) is 16.7. The zero-order valence-corrected chi connectivity index (χ0v) is 16.7. The monoisotopic (exact) mass is 383 g/mol. The predicted octanol–water partition coefficient (Wildman–Crippen LogP) is 3.73. The summed E-state index contributed by atoms with van der Waals surface area (Å²) in [5, 5.41) is 2.57. The number of carbonyl (C=O) groups excluding carboxylic acids is 3. The molecule has 2 rings (SSSR count). The number of nitrogens with one attached hydrogen (secondary N) is 3. The maximum Gasteiger partial charge on any atom is 0.412 e. The Labute approximate surface area is 164 Å². The van der Waals surface area contributed by atoms with Gasteiger partial charge in [-0.15, -0.1) is 0 Å². The normalized spacial score (nSPS) is 10.8. The summed E-state index contributed by atoms with van der Waals surface area (Å²) < 4.78 is 5.18. The van der Waals surface area contributed by atoms with Gasteiger partial charge < -0.3 is 4.74 Å². The average molecular weight is 383 g/mol. The van der Waals surface area contributed by atoms with Crippen molar-refractivity contribution >= 4 is 23.6 Å². The molecule has 0 unspecified atom stereocenters. The van der Waals surface area contributed by atoms with Gasteiger partial charge in [0, 0.05) is 16.8 Å². The number of amides is 3. The maximum atomic E-state index is 12.3. The summed E-state index contributed by atoms with van der Waals surface area (Å²) in [4.78, 5) is 36.4. The fourth-order valence-corrected chi connectivity index (χ4v) is 2.48. The van der Waals surface area contributed by atoms with Gasteiger partial charge in [-0.1, -0.05) is 23.8 Å². The quantitative estimate of drug-likeness (QED) is 0.704.